The molecule has 1 aromatic rings. The molecule has 2 rings (SSSR count). The van der Waals surface area contributed by atoms with Crippen LogP contribution in [0.25, 0.3) is 0 Å². The lowest BCUT2D eigenvalue weighted by Crippen LogP contribution is -2.29. The van der Waals surface area contributed by atoms with Crippen molar-refractivity contribution in [2.75, 3.05) is 13.2 Å². The second-order valence-electron chi connectivity index (χ2n) is 4.20. The molecule has 0 aliphatic carbocycles. The summed E-state index contributed by atoms with van der Waals surface area (Å²) in [4.78, 5) is 0. The maximum absolute atomic E-state index is 8.71. The van der Waals surface area contributed by atoms with E-state index in [4.69, 9.17) is 10.00 Å². The maximum atomic E-state index is 8.71. The maximum Gasteiger partial charge on any atom is 0.0991 e. The SMILES string of the molecule is N#Cc1ccc(C[C@H]2COCC[C@H]2S)cc1. The lowest BCUT2D eigenvalue weighted by Gasteiger charge is -2.28. The summed E-state index contributed by atoms with van der Waals surface area (Å²) in [5.74, 6) is 0.491. The Hall–Kier alpha value is -0.980. The molecule has 0 radical (unpaired) electrons. The van der Waals surface area contributed by atoms with Crippen LogP contribution in [-0.4, -0.2) is 18.5 Å². The molecule has 3 heteroatoms. The molecule has 0 amide bonds. The topological polar surface area (TPSA) is 33.0 Å². The Labute approximate surface area is 102 Å². The van der Waals surface area contributed by atoms with E-state index in [1.54, 1.807) is 0 Å². The van der Waals surface area contributed by atoms with Crippen molar-refractivity contribution in [2.45, 2.75) is 18.1 Å². The van der Waals surface area contributed by atoms with E-state index >= 15 is 0 Å². The Morgan fingerprint density at radius 3 is 2.75 bits per heavy atom. The zero-order chi connectivity index (χ0) is 11.4. The minimum Gasteiger partial charge on any atom is -0.381 e. The summed E-state index contributed by atoms with van der Waals surface area (Å²) in [6.07, 6.45) is 2.02. The van der Waals surface area contributed by atoms with Crippen molar-refractivity contribution in [2.24, 2.45) is 5.92 Å². The fourth-order valence-electron chi connectivity index (χ4n) is 2.00. The van der Waals surface area contributed by atoms with Crippen LogP contribution in [0.1, 0.15) is 17.5 Å². The molecule has 1 heterocycles. The first-order valence-corrected chi connectivity index (χ1v) is 6.06. The second kappa shape index (κ2) is 5.38. The molecule has 0 aromatic heterocycles. The van der Waals surface area contributed by atoms with E-state index in [1.807, 2.05) is 24.3 Å². The zero-order valence-corrected chi connectivity index (χ0v) is 9.99. The predicted molar refractivity (Wildman–Crippen MR) is 66.6 cm³/mol. The molecular formula is C13H15NOS. The highest BCUT2D eigenvalue weighted by molar-refractivity contribution is 7.81. The van der Waals surface area contributed by atoms with E-state index in [0.717, 1.165) is 26.1 Å². The minimum atomic E-state index is 0.435. The summed E-state index contributed by atoms with van der Waals surface area (Å²) < 4.78 is 5.47. The van der Waals surface area contributed by atoms with Crippen LogP contribution in [0.15, 0.2) is 24.3 Å². The Bertz CT molecular complexity index is 382. The van der Waals surface area contributed by atoms with Crippen LogP contribution >= 0.6 is 12.6 Å². The molecule has 0 bridgehead atoms. The summed E-state index contributed by atoms with van der Waals surface area (Å²) in [6, 6.07) is 9.90. The smallest absolute Gasteiger partial charge is 0.0991 e. The van der Waals surface area contributed by atoms with E-state index < -0.39 is 0 Å². The van der Waals surface area contributed by atoms with Gasteiger partial charge in [-0.3, -0.25) is 0 Å². The van der Waals surface area contributed by atoms with E-state index in [-0.39, 0.29) is 0 Å². The van der Waals surface area contributed by atoms with Gasteiger partial charge in [0.1, 0.15) is 0 Å². The van der Waals surface area contributed by atoms with Crippen LogP contribution < -0.4 is 0 Å². The fourth-order valence-corrected chi connectivity index (χ4v) is 2.30. The third-order valence-corrected chi connectivity index (χ3v) is 3.69. The fraction of sp³-hybridized carbons (Fsp3) is 0.462. The zero-order valence-electron chi connectivity index (χ0n) is 9.10. The van der Waals surface area contributed by atoms with Gasteiger partial charge in [0.2, 0.25) is 0 Å². The summed E-state index contributed by atoms with van der Waals surface area (Å²) in [5.41, 5.74) is 1.97. The Morgan fingerprint density at radius 1 is 1.38 bits per heavy atom. The number of nitrogens with zero attached hydrogens (tertiary/aromatic N) is 1. The average molecular weight is 233 g/mol. The van der Waals surface area contributed by atoms with Crippen molar-refractivity contribution < 1.29 is 4.74 Å². The molecule has 1 aromatic carbocycles. The summed E-state index contributed by atoms with van der Waals surface area (Å²) in [6.45, 7) is 1.63. The first-order valence-electron chi connectivity index (χ1n) is 5.54. The number of ether oxygens (including phenoxy) is 1. The molecule has 84 valence electrons. The lowest BCUT2D eigenvalue weighted by atomic mass is 9.93. The van der Waals surface area contributed by atoms with Crippen LogP contribution in [0.3, 0.4) is 0 Å². The number of hydrogen-bond acceptors (Lipinski definition) is 3. The van der Waals surface area contributed by atoms with Gasteiger partial charge < -0.3 is 4.74 Å². The van der Waals surface area contributed by atoms with Gasteiger partial charge in [-0.2, -0.15) is 17.9 Å². The summed E-state index contributed by atoms with van der Waals surface area (Å²) >= 11 is 4.59. The number of rotatable bonds is 2. The Kier molecular flexibility index (Phi) is 3.87. The average Bonchev–Trinajstić information content (AvgIpc) is 2.33. The van der Waals surface area contributed by atoms with Gasteiger partial charge in [0, 0.05) is 11.9 Å². The van der Waals surface area contributed by atoms with Crippen molar-refractivity contribution in [3.8, 4) is 6.07 Å². The highest BCUT2D eigenvalue weighted by atomic mass is 32.1. The number of benzene rings is 1. The van der Waals surface area contributed by atoms with Gasteiger partial charge >= 0.3 is 0 Å². The molecule has 0 saturated carbocycles. The third kappa shape index (κ3) is 2.78. The van der Waals surface area contributed by atoms with Crippen LogP contribution in [-0.2, 0) is 11.2 Å². The van der Waals surface area contributed by atoms with Gasteiger partial charge in [-0.05, 0) is 36.5 Å². The molecule has 1 saturated heterocycles. The van der Waals surface area contributed by atoms with Gasteiger partial charge in [0.25, 0.3) is 0 Å². The molecule has 1 aliphatic heterocycles. The van der Waals surface area contributed by atoms with Crippen LogP contribution in [0.2, 0.25) is 0 Å². The van der Waals surface area contributed by atoms with E-state index in [1.165, 1.54) is 5.56 Å². The predicted octanol–water partition coefficient (Wildman–Crippen LogP) is 2.44. The van der Waals surface area contributed by atoms with Gasteiger partial charge in [-0.1, -0.05) is 12.1 Å². The molecule has 2 nitrogen and oxygen atoms in total. The van der Waals surface area contributed by atoms with Crippen molar-refractivity contribution in [1.82, 2.24) is 0 Å². The molecule has 0 N–H and O–H groups in total. The van der Waals surface area contributed by atoms with Crippen molar-refractivity contribution in [3.05, 3.63) is 35.4 Å². The highest BCUT2D eigenvalue weighted by Crippen LogP contribution is 2.23. The number of thiol groups is 1. The summed E-state index contributed by atoms with van der Waals surface area (Å²) in [7, 11) is 0. The third-order valence-electron chi connectivity index (χ3n) is 3.01. The molecular weight excluding hydrogens is 218 g/mol. The Balaban J connectivity index is 2.00. The highest BCUT2D eigenvalue weighted by Gasteiger charge is 2.22. The standard InChI is InChI=1S/C13H15NOS/c14-8-11-3-1-10(2-4-11)7-12-9-15-6-5-13(12)16/h1-4,12-13,16H,5-7,9H2/t12-,13+/m0/s1. The van der Waals surface area contributed by atoms with Gasteiger partial charge in [0.05, 0.1) is 18.2 Å². The molecule has 1 aliphatic rings. The van der Waals surface area contributed by atoms with E-state index in [2.05, 4.69) is 18.7 Å². The minimum absolute atomic E-state index is 0.435. The molecule has 2 atom stereocenters. The van der Waals surface area contributed by atoms with Gasteiger partial charge in [-0.25, -0.2) is 0 Å². The lowest BCUT2D eigenvalue weighted by molar-refractivity contribution is 0.0596. The van der Waals surface area contributed by atoms with Crippen LogP contribution in [0.5, 0.6) is 0 Å². The van der Waals surface area contributed by atoms with E-state index in [0.29, 0.717) is 16.7 Å². The number of hydrogen-bond donors (Lipinski definition) is 1. The van der Waals surface area contributed by atoms with E-state index in [9.17, 15) is 0 Å². The van der Waals surface area contributed by atoms with Crippen molar-refractivity contribution in [3.63, 3.8) is 0 Å². The van der Waals surface area contributed by atoms with Crippen molar-refractivity contribution >= 4 is 12.6 Å². The second-order valence-corrected chi connectivity index (χ2v) is 4.87. The van der Waals surface area contributed by atoms with Crippen LogP contribution in [0.4, 0.5) is 0 Å². The number of nitriles is 1. The first kappa shape index (κ1) is 11.5. The largest absolute Gasteiger partial charge is 0.381 e. The quantitative estimate of drug-likeness (QED) is 0.796. The Morgan fingerprint density at radius 2 is 2.12 bits per heavy atom. The molecule has 16 heavy (non-hydrogen) atoms. The molecule has 0 unspecified atom stereocenters. The van der Waals surface area contributed by atoms with Gasteiger partial charge in [-0.15, -0.1) is 0 Å². The van der Waals surface area contributed by atoms with Crippen LogP contribution in [0, 0.1) is 17.2 Å². The van der Waals surface area contributed by atoms with Crippen molar-refractivity contribution in [1.29, 1.82) is 5.26 Å². The molecule has 1 fully saturated rings. The normalized spacial score (nSPS) is 25.0. The molecule has 0 spiro atoms. The first-order chi connectivity index (χ1) is 7.79. The monoisotopic (exact) mass is 233 g/mol. The summed E-state index contributed by atoms with van der Waals surface area (Å²) in [5, 5.41) is 9.14. The van der Waals surface area contributed by atoms with Gasteiger partial charge in [0.15, 0.2) is 0 Å².